The molecule has 20 heavy (non-hydrogen) atoms. The van der Waals surface area contributed by atoms with Gasteiger partial charge in [0.1, 0.15) is 0 Å². The Morgan fingerprint density at radius 3 is 2.75 bits per heavy atom. The zero-order valence-electron chi connectivity index (χ0n) is 12.5. The molecule has 1 fully saturated rings. The number of aromatic nitrogens is 1. The summed E-state index contributed by atoms with van der Waals surface area (Å²) in [5, 5.41) is 1.44. The van der Waals surface area contributed by atoms with Gasteiger partial charge in [-0.25, -0.2) is 0 Å². The van der Waals surface area contributed by atoms with E-state index >= 15 is 0 Å². The Bertz CT molecular complexity index is 567. The summed E-state index contributed by atoms with van der Waals surface area (Å²) in [5.74, 6) is 1.99. The van der Waals surface area contributed by atoms with E-state index < -0.39 is 0 Å². The number of fused-ring (bicyclic) bond motifs is 1. The van der Waals surface area contributed by atoms with Crippen molar-refractivity contribution in [1.82, 2.24) is 9.88 Å². The number of para-hydroxylation sites is 1. The fourth-order valence-electron chi connectivity index (χ4n) is 3.49. The molecule has 3 heteroatoms. The normalized spacial score (nSPS) is 17.9. The van der Waals surface area contributed by atoms with Crippen LogP contribution in [0.5, 0.6) is 0 Å². The monoisotopic (exact) mass is 288 g/mol. The summed E-state index contributed by atoms with van der Waals surface area (Å²) in [5.41, 5.74) is 4.24. The first-order valence-electron chi connectivity index (χ1n) is 7.58. The molecule has 0 atom stereocenters. The zero-order valence-corrected chi connectivity index (χ0v) is 13.3. The second-order valence-corrected chi connectivity index (χ2v) is 6.80. The quantitative estimate of drug-likeness (QED) is 0.916. The van der Waals surface area contributed by atoms with E-state index in [4.69, 9.17) is 0 Å². The average molecular weight is 288 g/mol. The first-order valence-corrected chi connectivity index (χ1v) is 8.97. The van der Waals surface area contributed by atoms with Crippen LogP contribution in [-0.4, -0.2) is 41.5 Å². The first-order chi connectivity index (χ1) is 9.79. The van der Waals surface area contributed by atoms with Crippen LogP contribution < -0.4 is 0 Å². The van der Waals surface area contributed by atoms with Crippen LogP contribution in [-0.2, 0) is 0 Å². The van der Waals surface area contributed by atoms with E-state index in [1.165, 1.54) is 54.8 Å². The van der Waals surface area contributed by atoms with Gasteiger partial charge in [-0.1, -0.05) is 18.2 Å². The van der Waals surface area contributed by atoms with Crippen molar-refractivity contribution in [2.24, 2.45) is 0 Å². The van der Waals surface area contributed by atoms with Gasteiger partial charge in [0, 0.05) is 28.9 Å². The first kappa shape index (κ1) is 14.0. The van der Waals surface area contributed by atoms with Gasteiger partial charge in [-0.2, -0.15) is 11.8 Å². The number of hydrogen-bond acceptors (Lipinski definition) is 2. The third kappa shape index (κ3) is 2.75. The lowest BCUT2D eigenvalue weighted by Gasteiger charge is -2.32. The van der Waals surface area contributed by atoms with Crippen molar-refractivity contribution in [3.63, 3.8) is 0 Å². The summed E-state index contributed by atoms with van der Waals surface area (Å²) < 4.78 is 0. The molecule has 1 aromatic carbocycles. The molecule has 2 nitrogen and oxygen atoms in total. The highest BCUT2D eigenvalue weighted by molar-refractivity contribution is 7.98. The summed E-state index contributed by atoms with van der Waals surface area (Å²) in [6.07, 6.45) is 4.80. The van der Waals surface area contributed by atoms with Crippen LogP contribution in [0.25, 0.3) is 10.9 Å². The van der Waals surface area contributed by atoms with Crippen LogP contribution in [0.4, 0.5) is 0 Å². The van der Waals surface area contributed by atoms with Gasteiger partial charge in [0.25, 0.3) is 0 Å². The zero-order chi connectivity index (χ0) is 13.9. The minimum atomic E-state index is 0.733. The maximum Gasteiger partial charge on any atom is 0.0458 e. The highest BCUT2D eigenvalue weighted by Crippen LogP contribution is 2.35. The molecular weight excluding hydrogens is 264 g/mol. The van der Waals surface area contributed by atoms with E-state index in [2.05, 4.69) is 47.3 Å². The van der Waals surface area contributed by atoms with Crippen molar-refractivity contribution in [3.05, 3.63) is 35.5 Å². The number of likely N-dealkylation sites (tertiary alicyclic amines) is 1. The largest absolute Gasteiger partial charge is 0.358 e. The number of hydrogen-bond donors (Lipinski definition) is 1. The van der Waals surface area contributed by atoms with Gasteiger partial charge in [-0.3, -0.25) is 0 Å². The molecule has 3 rings (SSSR count). The second-order valence-electron chi connectivity index (χ2n) is 5.82. The summed E-state index contributed by atoms with van der Waals surface area (Å²) >= 11 is 1.95. The number of nitrogens with zero attached hydrogens (tertiary/aromatic N) is 1. The van der Waals surface area contributed by atoms with Crippen molar-refractivity contribution >= 4 is 22.7 Å². The lowest BCUT2D eigenvalue weighted by Crippen LogP contribution is -2.34. The minimum Gasteiger partial charge on any atom is -0.358 e. The van der Waals surface area contributed by atoms with E-state index in [-0.39, 0.29) is 0 Å². The number of aryl methyl sites for hydroxylation is 1. The number of thioether (sulfide) groups is 1. The molecule has 0 aliphatic carbocycles. The van der Waals surface area contributed by atoms with Gasteiger partial charge in [0.05, 0.1) is 0 Å². The Hall–Kier alpha value is -0.930. The Labute approximate surface area is 125 Å². The Morgan fingerprint density at radius 2 is 2.00 bits per heavy atom. The smallest absolute Gasteiger partial charge is 0.0458 e. The van der Waals surface area contributed by atoms with E-state index in [0.717, 1.165) is 5.92 Å². The van der Waals surface area contributed by atoms with Crippen molar-refractivity contribution < 1.29 is 0 Å². The molecule has 0 radical (unpaired) electrons. The molecule has 1 N–H and O–H groups in total. The Balaban J connectivity index is 1.75. The van der Waals surface area contributed by atoms with Gasteiger partial charge < -0.3 is 9.88 Å². The van der Waals surface area contributed by atoms with Gasteiger partial charge in [0.2, 0.25) is 0 Å². The molecular formula is C17H24N2S. The highest BCUT2D eigenvalue weighted by atomic mass is 32.2. The summed E-state index contributed by atoms with van der Waals surface area (Å²) in [6, 6.07) is 8.74. The topological polar surface area (TPSA) is 19.0 Å². The highest BCUT2D eigenvalue weighted by Gasteiger charge is 2.24. The molecule has 0 amide bonds. The summed E-state index contributed by atoms with van der Waals surface area (Å²) in [7, 11) is 0. The van der Waals surface area contributed by atoms with Crippen molar-refractivity contribution in [1.29, 1.82) is 0 Å². The molecule has 0 bridgehead atoms. The predicted molar refractivity (Wildman–Crippen MR) is 89.8 cm³/mol. The molecule has 1 saturated heterocycles. The number of rotatable bonds is 4. The van der Waals surface area contributed by atoms with Crippen molar-refractivity contribution in [2.75, 3.05) is 31.6 Å². The molecule has 2 aromatic rings. The number of nitrogens with one attached hydrogen (secondary N) is 1. The van der Waals surface area contributed by atoms with E-state index in [1.807, 2.05) is 11.8 Å². The maximum absolute atomic E-state index is 3.55. The third-order valence-corrected chi connectivity index (χ3v) is 5.14. The van der Waals surface area contributed by atoms with Crippen LogP contribution in [0.3, 0.4) is 0 Å². The lowest BCUT2D eigenvalue weighted by atomic mass is 9.87. The summed E-state index contributed by atoms with van der Waals surface area (Å²) in [4.78, 5) is 6.18. The standard InChI is InChI=1S/C17H24N2S/c1-13-17(15-5-3-4-6-16(15)18-13)14-7-9-19(10-8-14)11-12-20-2/h3-6,14,18H,7-12H2,1-2H3. The Kier molecular flexibility index (Phi) is 4.37. The number of aromatic amines is 1. The molecule has 0 saturated carbocycles. The third-order valence-electron chi connectivity index (χ3n) is 4.55. The van der Waals surface area contributed by atoms with Crippen molar-refractivity contribution in [3.8, 4) is 0 Å². The van der Waals surface area contributed by atoms with Gasteiger partial charge in [-0.15, -0.1) is 0 Å². The van der Waals surface area contributed by atoms with Crippen LogP contribution in [0.15, 0.2) is 24.3 Å². The second kappa shape index (κ2) is 6.23. The fraction of sp³-hybridized carbons (Fsp3) is 0.529. The molecule has 1 aliphatic heterocycles. The number of H-pyrrole nitrogens is 1. The molecule has 1 aliphatic rings. The van der Waals surface area contributed by atoms with E-state index in [9.17, 15) is 0 Å². The average Bonchev–Trinajstić information content (AvgIpc) is 2.81. The number of benzene rings is 1. The van der Waals surface area contributed by atoms with Crippen molar-refractivity contribution in [2.45, 2.75) is 25.7 Å². The van der Waals surface area contributed by atoms with Crippen LogP contribution >= 0.6 is 11.8 Å². The Morgan fingerprint density at radius 1 is 1.25 bits per heavy atom. The SMILES string of the molecule is CSCCN1CCC(c2c(C)[nH]c3ccccc23)CC1. The molecule has 0 unspecified atom stereocenters. The lowest BCUT2D eigenvalue weighted by molar-refractivity contribution is 0.224. The van der Waals surface area contributed by atoms with Crippen LogP contribution in [0.1, 0.15) is 30.0 Å². The van der Waals surface area contributed by atoms with Gasteiger partial charge >= 0.3 is 0 Å². The fourth-order valence-corrected chi connectivity index (χ4v) is 3.93. The van der Waals surface area contributed by atoms with E-state index in [1.54, 1.807) is 5.56 Å². The maximum atomic E-state index is 3.55. The van der Waals surface area contributed by atoms with Crippen LogP contribution in [0, 0.1) is 6.92 Å². The molecule has 0 spiro atoms. The molecule has 1 aromatic heterocycles. The predicted octanol–water partition coefficient (Wildman–Crippen LogP) is 4.02. The molecule has 108 valence electrons. The van der Waals surface area contributed by atoms with Gasteiger partial charge in [0.15, 0.2) is 0 Å². The summed E-state index contributed by atoms with van der Waals surface area (Å²) in [6.45, 7) is 5.99. The number of piperidine rings is 1. The van der Waals surface area contributed by atoms with Crippen LogP contribution in [0.2, 0.25) is 0 Å². The van der Waals surface area contributed by atoms with Gasteiger partial charge in [-0.05, 0) is 56.7 Å². The van der Waals surface area contributed by atoms with E-state index in [0.29, 0.717) is 0 Å². The minimum absolute atomic E-state index is 0.733. The molecule has 2 heterocycles.